The monoisotopic (exact) mass is 234 g/mol. The van der Waals surface area contributed by atoms with Crippen molar-refractivity contribution >= 4 is 5.97 Å². The first-order valence-electron chi connectivity index (χ1n) is 4.70. The lowest BCUT2D eigenvalue weighted by atomic mass is 10.1. The molecule has 0 bridgehead atoms. The van der Waals surface area contributed by atoms with Crippen LogP contribution in [-0.2, 0) is 10.9 Å². The van der Waals surface area contributed by atoms with Gasteiger partial charge in [-0.25, -0.2) is 4.79 Å². The summed E-state index contributed by atoms with van der Waals surface area (Å²) in [5.74, 6) is -0.781. The largest absolute Gasteiger partial charge is 0.465 e. The Bertz CT molecular complexity index is 345. The maximum absolute atomic E-state index is 12.2. The molecule has 0 atom stereocenters. The van der Waals surface area contributed by atoms with Crippen molar-refractivity contribution in [3.63, 3.8) is 0 Å². The van der Waals surface area contributed by atoms with E-state index in [2.05, 4.69) is 4.74 Å². The van der Waals surface area contributed by atoms with E-state index < -0.39 is 17.7 Å². The molecule has 0 N–H and O–H groups in total. The van der Waals surface area contributed by atoms with E-state index in [0.717, 1.165) is 25.3 Å². The molecule has 0 fully saturated rings. The number of carbonyl (C=O) groups excluding carboxylic acids is 1. The average Bonchev–Trinajstić information content (AvgIpc) is 2.30. The highest BCUT2D eigenvalue weighted by atomic mass is 19.4. The van der Waals surface area contributed by atoms with E-state index in [1.807, 2.05) is 13.8 Å². The average molecular weight is 234 g/mol. The van der Waals surface area contributed by atoms with Gasteiger partial charge in [0, 0.05) is 0 Å². The summed E-state index contributed by atoms with van der Waals surface area (Å²) in [6.07, 6.45) is -4.44. The summed E-state index contributed by atoms with van der Waals surface area (Å²) >= 11 is 0. The third kappa shape index (κ3) is 3.92. The van der Waals surface area contributed by atoms with Crippen LogP contribution in [0.3, 0.4) is 0 Å². The van der Waals surface area contributed by atoms with Crippen LogP contribution in [0.5, 0.6) is 0 Å². The topological polar surface area (TPSA) is 26.3 Å². The summed E-state index contributed by atoms with van der Waals surface area (Å²) < 4.78 is 40.8. The molecule has 1 aromatic carbocycles. The quantitative estimate of drug-likeness (QED) is 0.695. The summed E-state index contributed by atoms with van der Waals surface area (Å²) in [7, 11) is 1.11. The number of carbonyl (C=O) groups is 1. The molecule has 0 radical (unpaired) electrons. The van der Waals surface area contributed by atoms with Gasteiger partial charge in [-0.1, -0.05) is 19.9 Å². The number of hydrogen-bond acceptors (Lipinski definition) is 2. The lowest BCUT2D eigenvalue weighted by molar-refractivity contribution is -0.137. The number of alkyl halides is 3. The Labute approximate surface area is 92.0 Å². The second kappa shape index (κ2) is 6.15. The van der Waals surface area contributed by atoms with Gasteiger partial charge in [0.15, 0.2) is 0 Å². The third-order valence-electron chi connectivity index (χ3n) is 1.61. The molecule has 0 unspecified atom stereocenters. The summed E-state index contributed by atoms with van der Waals surface area (Å²) in [4.78, 5) is 10.9. The maximum atomic E-state index is 12.2. The maximum Gasteiger partial charge on any atom is 0.416 e. The first-order chi connectivity index (χ1) is 7.45. The van der Waals surface area contributed by atoms with Crippen LogP contribution < -0.4 is 0 Å². The smallest absolute Gasteiger partial charge is 0.416 e. The summed E-state index contributed by atoms with van der Waals surface area (Å²) in [6, 6.07) is 4.08. The van der Waals surface area contributed by atoms with Crippen LogP contribution >= 0.6 is 0 Å². The zero-order valence-corrected chi connectivity index (χ0v) is 9.26. The molecule has 90 valence electrons. The number of halogens is 3. The molecule has 1 rings (SSSR count). The normalized spacial score (nSPS) is 10.1. The van der Waals surface area contributed by atoms with Gasteiger partial charge in [-0.3, -0.25) is 0 Å². The van der Waals surface area contributed by atoms with Gasteiger partial charge in [-0.05, 0) is 18.2 Å². The highest BCUT2D eigenvalue weighted by molar-refractivity contribution is 5.89. The number of methoxy groups -OCH3 is 1. The van der Waals surface area contributed by atoms with E-state index in [0.29, 0.717) is 0 Å². The second-order valence-electron chi connectivity index (χ2n) is 2.57. The Hall–Kier alpha value is -1.52. The van der Waals surface area contributed by atoms with Crippen molar-refractivity contribution in [3.8, 4) is 0 Å². The van der Waals surface area contributed by atoms with Gasteiger partial charge in [-0.15, -0.1) is 0 Å². The zero-order chi connectivity index (χ0) is 12.8. The van der Waals surface area contributed by atoms with Crippen molar-refractivity contribution in [2.24, 2.45) is 0 Å². The van der Waals surface area contributed by atoms with Crippen LogP contribution in [0.2, 0.25) is 0 Å². The van der Waals surface area contributed by atoms with Crippen molar-refractivity contribution in [1.29, 1.82) is 0 Å². The SMILES string of the molecule is CC.COC(=O)c1cccc(C(F)(F)F)c1. The van der Waals surface area contributed by atoms with Crippen LogP contribution in [0.4, 0.5) is 13.2 Å². The van der Waals surface area contributed by atoms with Gasteiger partial charge in [-0.2, -0.15) is 13.2 Å². The van der Waals surface area contributed by atoms with Crippen molar-refractivity contribution in [2.45, 2.75) is 20.0 Å². The molecule has 0 heterocycles. The Balaban J connectivity index is 0.00000106. The Morgan fingerprint density at radius 1 is 1.25 bits per heavy atom. The van der Waals surface area contributed by atoms with Gasteiger partial charge in [0.1, 0.15) is 0 Å². The van der Waals surface area contributed by atoms with Gasteiger partial charge >= 0.3 is 12.1 Å². The fourth-order valence-electron chi connectivity index (χ4n) is 0.940. The Morgan fingerprint density at radius 2 is 1.81 bits per heavy atom. The number of ether oxygens (including phenoxy) is 1. The van der Waals surface area contributed by atoms with Gasteiger partial charge in [0.25, 0.3) is 0 Å². The standard InChI is InChI=1S/C9H7F3O2.C2H6/c1-14-8(13)6-3-2-4-7(5-6)9(10,11)12;1-2/h2-5H,1H3;1-2H3. The van der Waals surface area contributed by atoms with E-state index in [4.69, 9.17) is 0 Å². The number of esters is 1. The molecule has 0 aliphatic carbocycles. The van der Waals surface area contributed by atoms with Crippen LogP contribution in [0.25, 0.3) is 0 Å². The molecule has 1 aromatic rings. The second-order valence-corrected chi connectivity index (χ2v) is 2.57. The zero-order valence-electron chi connectivity index (χ0n) is 9.26. The molecule has 0 spiro atoms. The molecule has 0 amide bonds. The van der Waals surface area contributed by atoms with Crippen molar-refractivity contribution in [1.82, 2.24) is 0 Å². The number of rotatable bonds is 1. The van der Waals surface area contributed by atoms with Crippen LogP contribution in [0.1, 0.15) is 29.8 Å². The van der Waals surface area contributed by atoms with E-state index in [-0.39, 0.29) is 5.56 Å². The molecule has 0 aliphatic heterocycles. The lowest BCUT2D eigenvalue weighted by Gasteiger charge is -2.07. The first-order valence-corrected chi connectivity index (χ1v) is 4.70. The van der Waals surface area contributed by atoms with E-state index in [1.165, 1.54) is 6.07 Å². The van der Waals surface area contributed by atoms with Crippen LogP contribution in [0.15, 0.2) is 24.3 Å². The minimum Gasteiger partial charge on any atom is -0.465 e. The molecule has 0 aliphatic rings. The van der Waals surface area contributed by atoms with Gasteiger partial charge in [0.2, 0.25) is 0 Å². The molecule has 16 heavy (non-hydrogen) atoms. The molecule has 0 saturated carbocycles. The summed E-state index contributed by atoms with van der Waals surface area (Å²) in [6.45, 7) is 4.00. The molecular formula is C11H13F3O2. The van der Waals surface area contributed by atoms with Crippen LogP contribution in [-0.4, -0.2) is 13.1 Å². The highest BCUT2D eigenvalue weighted by Crippen LogP contribution is 2.29. The first kappa shape index (κ1) is 14.5. The Kier molecular flexibility index (Phi) is 5.56. The molecular weight excluding hydrogens is 221 g/mol. The molecule has 2 nitrogen and oxygen atoms in total. The van der Waals surface area contributed by atoms with E-state index >= 15 is 0 Å². The summed E-state index contributed by atoms with van der Waals surface area (Å²) in [5.41, 5.74) is -0.970. The third-order valence-corrected chi connectivity index (χ3v) is 1.61. The molecule has 0 aromatic heterocycles. The predicted octanol–water partition coefficient (Wildman–Crippen LogP) is 3.52. The van der Waals surface area contributed by atoms with Crippen LogP contribution in [0, 0.1) is 0 Å². The van der Waals surface area contributed by atoms with Gasteiger partial charge < -0.3 is 4.74 Å². The summed E-state index contributed by atoms with van der Waals surface area (Å²) in [5, 5.41) is 0. The van der Waals surface area contributed by atoms with Crippen molar-refractivity contribution in [2.75, 3.05) is 7.11 Å². The van der Waals surface area contributed by atoms with E-state index in [9.17, 15) is 18.0 Å². The fraction of sp³-hybridized carbons (Fsp3) is 0.364. The minimum absolute atomic E-state index is 0.109. The van der Waals surface area contributed by atoms with Crippen molar-refractivity contribution in [3.05, 3.63) is 35.4 Å². The molecule has 0 saturated heterocycles. The van der Waals surface area contributed by atoms with Gasteiger partial charge in [0.05, 0.1) is 18.2 Å². The fourth-order valence-corrected chi connectivity index (χ4v) is 0.940. The minimum atomic E-state index is -4.44. The Morgan fingerprint density at radius 3 is 2.25 bits per heavy atom. The highest BCUT2D eigenvalue weighted by Gasteiger charge is 2.30. The lowest BCUT2D eigenvalue weighted by Crippen LogP contribution is -2.08. The van der Waals surface area contributed by atoms with Crippen molar-refractivity contribution < 1.29 is 22.7 Å². The molecule has 5 heteroatoms. The number of hydrogen-bond donors (Lipinski definition) is 0. The predicted molar refractivity (Wildman–Crippen MR) is 54.1 cm³/mol. The number of benzene rings is 1. The van der Waals surface area contributed by atoms with E-state index in [1.54, 1.807) is 0 Å².